The molecule has 0 bridgehead atoms. The van der Waals surface area contributed by atoms with Gasteiger partial charge in [-0.25, -0.2) is 4.98 Å². The molecule has 124 valence electrons. The zero-order chi connectivity index (χ0) is 16.8. The van der Waals surface area contributed by atoms with E-state index in [4.69, 9.17) is 14.2 Å². The molecule has 24 heavy (non-hydrogen) atoms. The third-order valence-corrected chi connectivity index (χ3v) is 3.37. The molecule has 0 aliphatic carbocycles. The van der Waals surface area contributed by atoms with Crippen LogP contribution in [0.2, 0.25) is 0 Å². The first-order chi connectivity index (χ1) is 11.8. The van der Waals surface area contributed by atoms with Gasteiger partial charge in [0.15, 0.2) is 23.1 Å². The maximum absolute atomic E-state index is 5.66. The molecule has 0 spiro atoms. The van der Waals surface area contributed by atoms with E-state index in [9.17, 15) is 0 Å². The number of nitrogens with one attached hydrogen (secondary N) is 1. The lowest BCUT2D eigenvalue weighted by molar-refractivity contribution is 0.296. The van der Waals surface area contributed by atoms with Crippen molar-refractivity contribution >= 4 is 0 Å². The number of aromatic nitrogens is 3. The number of ether oxygens (including phenoxy) is 3. The number of hydrogen-bond donors (Lipinski definition) is 1. The Bertz CT molecular complexity index is 787. The molecular formula is C18H19N3O3. The maximum atomic E-state index is 5.66. The molecule has 6 heteroatoms. The van der Waals surface area contributed by atoms with Crippen LogP contribution in [0.4, 0.5) is 0 Å². The first kappa shape index (κ1) is 15.9. The van der Waals surface area contributed by atoms with Gasteiger partial charge in [-0.3, -0.25) is 5.10 Å². The van der Waals surface area contributed by atoms with Crippen molar-refractivity contribution in [2.75, 3.05) is 13.7 Å². The van der Waals surface area contributed by atoms with E-state index < -0.39 is 0 Å². The summed E-state index contributed by atoms with van der Waals surface area (Å²) in [5.41, 5.74) is 0.845. The van der Waals surface area contributed by atoms with E-state index in [1.807, 2.05) is 55.5 Å². The molecule has 0 atom stereocenters. The normalized spacial score (nSPS) is 10.4. The Labute approximate surface area is 140 Å². The van der Waals surface area contributed by atoms with E-state index in [-0.39, 0.29) is 0 Å². The second-order valence-corrected chi connectivity index (χ2v) is 5.01. The number of benzene rings is 2. The number of hydrogen-bond acceptors (Lipinski definition) is 5. The summed E-state index contributed by atoms with van der Waals surface area (Å²) in [5.74, 6) is 3.39. The predicted molar refractivity (Wildman–Crippen MR) is 90.3 cm³/mol. The first-order valence-electron chi connectivity index (χ1n) is 7.70. The number of para-hydroxylation sites is 1. The highest BCUT2D eigenvalue weighted by molar-refractivity contribution is 5.60. The molecule has 1 heterocycles. The molecule has 0 saturated carbocycles. The molecule has 0 radical (unpaired) electrons. The number of rotatable bonds is 7. The van der Waals surface area contributed by atoms with Gasteiger partial charge < -0.3 is 14.2 Å². The average Bonchev–Trinajstić information content (AvgIpc) is 3.10. The number of methoxy groups -OCH3 is 1. The topological polar surface area (TPSA) is 69.3 Å². The second kappa shape index (κ2) is 7.50. The Kier molecular flexibility index (Phi) is 4.96. The molecule has 1 aromatic heterocycles. The molecular weight excluding hydrogens is 306 g/mol. The summed E-state index contributed by atoms with van der Waals surface area (Å²) in [5, 5.41) is 7.13. The first-order valence-corrected chi connectivity index (χ1v) is 7.70. The van der Waals surface area contributed by atoms with Gasteiger partial charge in [0.05, 0.1) is 13.7 Å². The van der Waals surface area contributed by atoms with Crippen LogP contribution in [0, 0.1) is 0 Å². The van der Waals surface area contributed by atoms with Crippen molar-refractivity contribution in [1.29, 1.82) is 0 Å². The summed E-state index contributed by atoms with van der Waals surface area (Å²) >= 11 is 0. The van der Waals surface area contributed by atoms with Gasteiger partial charge in [-0.2, -0.15) is 5.10 Å². The van der Waals surface area contributed by atoms with Gasteiger partial charge in [0.1, 0.15) is 12.4 Å². The minimum atomic E-state index is 0.325. The van der Waals surface area contributed by atoms with Gasteiger partial charge in [-0.05, 0) is 37.3 Å². The Morgan fingerprint density at radius 2 is 1.83 bits per heavy atom. The van der Waals surface area contributed by atoms with Crippen molar-refractivity contribution in [3.8, 4) is 28.6 Å². The lowest BCUT2D eigenvalue weighted by atomic mass is 10.2. The highest BCUT2D eigenvalue weighted by Gasteiger charge is 2.11. The van der Waals surface area contributed by atoms with Gasteiger partial charge in [-0.1, -0.05) is 18.2 Å². The smallest absolute Gasteiger partial charge is 0.181 e. The molecule has 2 aromatic carbocycles. The Morgan fingerprint density at radius 1 is 1.00 bits per heavy atom. The maximum Gasteiger partial charge on any atom is 0.181 e. The van der Waals surface area contributed by atoms with Gasteiger partial charge in [0.2, 0.25) is 0 Å². The van der Waals surface area contributed by atoms with Crippen LogP contribution in [0.15, 0.2) is 48.5 Å². The molecule has 0 amide bonds. The van der Waals surface area contributed by atoms with Gasteiger partial charge in [0.25, 0.3) is 0 Å². The quantitative estimate of drug-likeness (QED) is 0.720. The minimum Gasteiger partial charge on any atom is -0.493 e. The van der Waals surface area contributed by atoms with E-state index in [2.05, 4.69) is 15.2 Å². The third kappa shape index (κ3) is 3.65. The monoisotopic (exact) mass is 325 g/mol. The zero-order valence-corrected chi connectivity index (χ0v) is 13.7. The summed E-state index contributed by atoms with van der Waals surface area (Å²) in [7, 11) is 1.61. The van der Waals surface area contributed by atoms with Gasteiger partial charge in [0, 0.05) is 5.56 Å². The van der Waals surface area contributed by atoms with Crippen LogP contribution in [-0.4, -0.2) is 28.9 Å². The molecule has 6 nitrogen and oxygen atoms in total. The zero-order valence-electron chi connectivity index (χ0n) is 13.7. The predicted octanol–water partition coefficient (Wildman–Crippen LogP) is 3.46. The van der Waals surface area contributed by atoms with Crippen LogP contribution in [0.25, 0.3) is 11.4 Å². The Hall–Kier alpha value is -3.02. The van der Waals surface area contributed by atoms with Crippen molar-refractivity contribution in [3.63, 3.8) is 0 Å². The van der Waals surface area contributed by atoms with E-state index in [0.717, 1.165) is 11.3 Å². The third-order valence-electron chi connectivity index (χ3n) is 3.37. The summed E-state index contributed by atoms with van der Waals surface area (Å²) < 4.78 is 16.5. The van der Waals surface area contributed by atoms with Crippen LogP contribution < -0.4 is 14.2 Å². The molecule has 0 unspecified atom stereocenters. The molecule has 0 aliphatic heterocycles. The summed E-state index contributed by atoms with van der Waals surface area (Å²) in [6, 6.07) is 15.2. The SMILES string of the molecule is CCOc1ccc(-c2n[nH]c(COc3ccccc3)n2)cc1OC. The summed E-state index contributed by atoms with van der Waals surface area (Å²) in [4.78, 5) is 4.46. The lowest BCUT2D eigenvalue weighted by Gasteiger charge is -2.09. The highest BCUT2D eigenvalue weighted by atomic mass is 16.5. The number of nitrogens with zero attached hydrogens (tertiary/aromatic N) is 2. The largest absolute Gasteiger partial charge is 0.493 e. The van der Waals surface area contributed by atoms with Gasteiger partial charge in [-0.15, -0.1) is 0 Å². The van der Waals surface area contributed by atoms with E-state index in [0.29, 0.717) is 36.4 Å². The Balaban J connectivity index is 1.73. The van der Waals surface area contributed by atoms with Crippen molar-refractivity contribution in [1.82, 2.24) is 15.2 Å². The van der Waals surface area contributed by atoms with Crippen LogP contribution >= 0.6 is 0 Å². The van der Waals surface area contributed by atoms with Crippen molar-refractivity contribution in [2.45, 2.75) is 13.5 Å². The summed E-state index contributed by atoms with van der Waals surface area (Å²) in [6.07, 6.45) is 0. The van der Waals surface area contributed by atoms with Crippen molar-refractivity contribution in [3.05, 3.63) is 54.4 Å². The van der Waals surface area contributed by atoms with Crippen LogP contribution in [0.5, 0.6) is 17.2 Å². The van der Waals surface area contributed by atoms with Crippen LogP contribution in [0.1, 0.15) is 12.7 Å². The van der Waals surface area contributed by atoms with E-state index in [1.165, 1.54) is 0 Å². The molecule has 0 saturated heterocycles. The molecule has 3 rings (SSSR count). The fraction of sp³-hybridized carbons (Fsp3) is 0.222. The molecule has 0 fully saturated rings. The highest BCUT2D eigenvalue weighted by Crippen LogP contribution is 2.31. The minimum absolute atomic E-state index is 0.325. The summed E-state index contributed by atoms with van der Waals surface area (Å²) in [6.45, 7) is 2.84. The lowest BCUT2D eigenvalue weighted by Crippen LogP contribution is -1.97. The fourth-order valence-electron chi connectivity index (χ4n) is 2.24. The molecule has 1 N–H and O–H groups in total. The average molecular weight is 325 g/mol. The molecule has 0 aliphatic rings. The molecule has 3 aromatic rings. The standard InChI is InChI=1S/C18H19N3O3/c1-3-23-15-10-9-13(11-16(15)22-2)18-19-17(20-21-18)12-24-14-7-5-4-6-8-14/h4-11H,3,12H2,1-2H3,(H,19,20,21). The van der Waals surface area contributed by atoms with Crippen LogP contribution in [-0.2, 0) is 6.61 Å². The fourth-order valence-corrected chi connectivity index (χ4v) is 2.24. The van der Waals surface area contributed by atoms with E-state index in [1.54, 1.807) is 7.11 Å². The second-order valence-electron chi connectivity index (χ2n) is 5.01. The van der Waals surface area contributed by atoms with Crippen LogP contribution in [0.3, 0.4) is 0 Å². The van der Waals surface area contributed by atoms with Crippen molar-refractivity contribution in [2.24, 2.45) is 0 Å². The number of aromatic amines is 1. The number of H-pyrrole nitrogens is 1. The Morgan fingerprint density at radius 3 is 2.58 bits per heavy atom. The van der Waals surface area contributed by atoms with E-state index >= 15 is 0 Å². The van der Waals surface area contributed by atoms with Gasteiger partial charge >= 0.3 is 0 Å². The van der Waals surface area contributed by atoms with Crippen molar-refractivity contribution < 1.29 is 14.2 Å².